The van der Waals surface area contributed by atoms with Crippen molar-refractivity contribution in [3.63, 3.8) is 0 Å². The average Bonchev–Trinajstić information content (AvgIpc) is 3.22. The van der Waals surface area contributed by atoms with Crippen LogP contribution in [0.5, 0.6) is 5.75 Å². The maximum atomic E-state index is 12.8. The van der Waals surface area contributed by atoms with Crippen LogP contribution in [0.15, 0.2) is 65.6 Å². The number of amides is 1. The van der Waals surface area contributed by atoms with Crippen molar-refractivity contribution >= 4 is 34.3 Å². The van der Waals surface area contributed by atoms with E-state index in [0.717, 1.165) is 5.56 Å². The van der Waals surface area contributed by atoms with Gasteiger partial charge in [-0.3, -0.25) is 4.79 Å². The summed E-state index contributed by atoms with van der Waals surface area (Å²) in [6, 6.07) is 18.2. The number of esters is 1. The number of nitrogens with zero attached hydrogens (tertiary/aromatic N) is 1. The second-order valence-corrected chi connectivity index (χ2v) is 7.22. The first-order valence-electron chi connectivity index (χ1n) is 9.48. The highest BCUT2D eigenvalue weighted by Crippen LogP contribution is 2.36. The lowest BCUT2D eigenvalue weighted by atomic mass is 10.0. The molecule has 0 radical (unpaired) electrons. The Labute approximate surface area is 184 Å². The van der Waals surface area contributed by atoms with E-state index in [0.29, 0.717) is 21.9 Å². The molecule has 1 N–H and O–H groups in total. The zero-order valence-corrected chi connectivity index (χ0v) is 17.9. The van der Waals surface area contributed by atoms with Gasteiger partial charge in [-0.1, -0.05) is 42.5 Å². The highest BCUT2D eigenvalue weighted by molar-refractivity contribution is 7.15. The van der Waals surface area contributed by atoms with Crippen LogP contribution in [0.2, 0.25) is 0 Å². The molecule has 3 rings (SSSR count). The van der Waals surface area contributed by atoms with E-state index in [1.807, 2.05) is 36.4 Å². The molecule has 0 aliphatic carbocycles. The molecule has 6 nitrogen and oxygen atoms in total. The standard InChI is InChI=1S/C24H20N2O4S/c1-3-30-24(28)21-20(17-7-5-4-6-8-17)15-31-23(21)26-22(27)18(14-25)13-16-9-11-19(29-2)12-10-16/h4-13,15H,3H2,1-2H3,(H,26,27)/b18-13+. The summed E-state index contributed by atoms with van der Waals surface area (Å²) in [5.41, 5.74) is 2.35. The van der Waals surface area contributed by atoms with Gasteiger partial charge in [0, 0.05) is 10.9 Å². The first-order chi connectivity index (χ1) is 15.1. The van der Waals surface area contributed by atoms with Gasteiger partial charge in [-0.05, 0) is 36.3 Å². The minimum Gasteiger partial charge on any atom is -0.497 e. The van der Waals surface area contributed by atoms with Crippen molar-refractivity contribution in [2.75, 3.05) is 19.0 Å². The molecule has 156 valence electrons. The zero-order valence-electron chi connectivity index (χ0n) is 17.0. The third-order valence-electron chi connectivity index (χ3n) is 4.37. The van der Waals surface area contributed by atoms with Crippen LogP contribution in [0.1, 0.15) is 22.8 Å². The number of nitriles is 1. The minimum absolute atomic E-state index is 0.0883. The summed E-state index contributed by atoms with van der Waals surface area (Å²) in [5, 5.41) is 14.3. The van der Waals surface area contributed by atoms with Gasteiger partial charge in [-0.25, -0.2) is 4.79 Å². The van der Waals surface area contributed by atoms with Crippen LogP contribution in [-0.4, -0.2) is 25.6 Å². The molecule has 0 aliphatic rings. The molecule has 2 aromatic carbocycles. The second kappa shape index (κ2) is 10.2. The van der Waals surface area contributed by atoms with Crippen LogP contribution in [0.4, 0.5) is 5.00 Å². The number of nitrogens with one attached hydrogen (secondary N) is 1. The summed E-state index contributed by atoms with van der Waals surface area (Å²) in [6.45, 7) is 1.92. The number of thiophene rings is 1. The molecule has 0 atom stereocenters. The summed E-state index contributed by atoms with van der Waals surface area (Å²) < 4.78 is 10.3. The normalized spacial score (nSPS) is 10.8. The monoisotopic (exact) mass is 432 g/mol. The number of hydrogen-bond donors (Lipinski definition) is 1. The lowest BCUT2D eigenvalue weighted by Gasteiger charge is -2.08. The number of benzene rings is 2. The Morgan fingerprint density at radius 3 is 2.45 bits per heavy atom. The van der Waals surface area contributed by atoms with Crippen molar-refractivity contribution in [2.45, 2.75) is 6.92 Å². The van der Waals surface area contributed by atoms with Gasteiger partial charge in [0.15, 0.2) is 0 Å². The van der Waals surface area contributed by atoms with Crippen LogP contribution in [-0.2, 0) is 9.53 Å². The second-order valence-electron chi connectivity index (χ2n) is 6.34. The van der Waals surface area contributed by atoms with Gasteiger partial charge < -0.3 is 14.8 Å². The predicted molar refractivity (Wildman–Crippen MR) is 121 cm³/mol. The zero-order chi connectivity index (χ0) is 22.2. The van der Waals surface area contributed by atoms with Gasteiger partial charge in [-0.15, -0.1) is 11.3 Å². The highest BCUT2D eigenvalue weighted by atomic mass is 32.1. The van der Waals surface area contributed by atoms with E-state index in [9.17, 15) is 14.9 Å². The molecule has 31 heavy (non-hydrogen) atoms. The summed E-state index contributed by atoms with van der Waals surface area (Å²) in [7, 11) is 1.56. The Morgan fingerprint density at radius 2 is 1.84 bits per heavy atom. The molecular formula is C24H20N2O4S. The SMILES string of the molecule is CCOC(=O)c1c(-c2ccccc2)csc1NC(=O)/C(C#N)=C/c1ccc(OC)cc1. The number of carbonyl (C=O) groups is 2. The first kappa shape index (κ1) is 21.8. The van der Waals surface area contributed by atoms with Crippen molar-refractivity contribution in [1.29, 1.82) is 5.26 Å². The molecule has 1 aromatic heterocycles. The van der Waals surface area contributed by atoms with E-state index in [-0.39, 0.29) is 17.7 Å². The van der Waals surface area contributed by atoms with E-state index < -0.39 is 11.9 Å². The Bertz CT molecular complexity index is 1140. The van der Waals surface area contributed by atoms with Crippen LogP contribution < -0.4 is 10.1 Å². The largest absolute Gasteiger partial charge is 0.497 e. The fourth-order valence-corrected chi connectivity index (χ4v) is 3.82. The fraction of sp³-hybridized carbons (Fsp3) is 0.125. The average molecular weight is 433 g/mol. The molecule has 1 amide bonds. The maximum Gasteiger partial charge on any atom is 0.341 e. The minimum atomic E-state index is -0.606. The van der Waals surface area contributed by atoms with Crippen molar-refractivity contribution in [1.82, 2.24) is 0 Å². The maximum absolute atomic E-state index is 12.8. The van der Waals surface area contributed by atoms with Gasteiger partial charge in [0.2, 0.25) is 0 Å². The van der Waals surface area contributed by atoms with Crippen LogP contribution in [0.25, 0.3) is 17.2 Å². The molecule has 3 aromatic rings. The van der Waals surface area contributed by atoms with Gasteiger partial charge in [0.25, 0.3) is 5.91 Å². The van der Waals surface area contributed by atoms with E-state index in [1.165, 1.54) is 17.4 Å². The number of rotatable bonds is 7. The number of methoxy groups -OCH3 is 1. The van der Waals surface area contributed by atoms with E-state index >= 15 is 0 Å². The first-order valence-corrected chi connectivity index (χ1v) is 10.4. The molecule has 0 saturated carbocycles. The van der Waals surface area contributed by atoms with Crippen molar-refractivity contribution < 1.29 is 19.1 Å². The molecule has 0 fully saturated rings. The molecule has 0 bridgehead atoms. The summed E-state index contributed by atoms with van der Waals surface area (Å²) >= 11 is 1.21. The van der Waals surface area contributed by atoms with Crippen LogP contribution in [0.3, 0.4) is 0 Å². The molecule has 0 aliphatic heterocycles. The highest BCUT2D eigenvalue weighted by Gasteiger charge is 2.23. The van der Waals surface area contributed by atoms with Gasteiger partial charge >= 0.3 is 5.97 Å². The molecular weight excluding hydrogens is 412 g/mol. The Balaban J connectivity index is 1.92. The van der Waals surface area contributed by atoms with Crippen molar-refractivity contribution in [3.05, 3.63) is 76.7 Å². The van der Waals surface area contributed by atoms with Crippen LogP contribution in [0, 0.1) is 11.3 Å². The van der Waals surface area contributed by atoms with Crippen LogP contribution >= 0.6 is 11.3 Å². The lowest BCUT2D eigenvalue weighted by Crippen LogP contribution is -2.16. The molecule has 0 saturated heterocycles. The summed E-state index contributed by atoms with van der Waals surface area (Å²) in [5.74, 6) is -0.466. The Kier molecular flexibility index (Phi) is 7.20. The van der Waals surface area contributed by atoms with Gasteiger partial charge in [0.05, 0.1) is 13.7 Å². The Morgan fingerprint density at radius 1 is 1.13 bits per heavy atom. The number of ether oxygens (including phenoxy) is 2. The van der Waals surface area contributed by atoms with E-state index in [2.05, 4.69) is 5.32 Å². The number of hydrogen-bond acceptors (Lipinski definition) is 6. The molecule has 0 unspecified atom stereocenters. The number of anilines is 1. The summed E-state index contributed by atoms with van der Waals surface area (Å²) in [4.78, 5) is 25.4. The lowest BCUT2D eigenvalue weighted by molar-refractivity contribution is -0.112. The molecule has 7 heteroatoms. The topological polar surface area (TPSA) is 88.4 Å². The van der Waals surface area contributed by atoms with Crippen molar-refractivity contribution in [2.24, 2.45) is 0 Å². The summed E-state index contributed by atoms with van der Waals surface area (Å²) in [6.07, 6.45) is 1.48. The Hall–Kier alpha value is -3.89. The quantitative estimate of drug-likeness (QED) is 0.317. The van der Waals surface area contributed by atoms with Gasteiger partial charge in [0.1, 0.15) is 28.0 Å². The smallest absolute Gasteiger partial charge is 0.341 e. The predicted octanol–water partition coefficient (Wildman–Crippen LogP) is 5.15. The fourth-order valence-electron chi connectivity index (χ4n) is 2.87. The molecule has 0 spiro atoms. The van der Waals surface area contributed by atoms with Crippen molar-refractivity contribution in [3.8, 4) is 22.9 Å². The third kappa shape index (κ3) is 5.18. The third-order valence-corrected chi connectivity index (χ3v) is 5.27. The van der Waals surface area contributed by atoms with E-state index in [1.54, 1.807) is 43.7 Å². The van der Waals surface area contributed by atoms with Gasteiger partial charge in [-0.2, -0.15) is 5.26 Å². The molecule has 1 heterocycles. The number of carbonyl (C=O) groups excluding carboxylic acids is 2. The van der Waals surface area contributed by atoms with E-state index in [4.69, 9.17) is 9.47 Å².